The number of hydrogen-bond donors (Lipinski definition) is 1. The molecule has 102 valence electrons. The van der Waals surface area contributed by atoms with Gasteiger partial charge in [-0.3, -0.25) is 9.59 Å². The molecule has 4 atom stereocenters. The van der Waals surface area contributed by atoms with Gasteiger partial charge in [-0.25, -0.2) is 4.90 Å². The van der Waals surface area contributed by atoms with Crippen LogP contribution in [0.1, 0.15) is 12.0 Å². The zero-order chi connectivity index (χ0) is 14.0. The van der Waals surface area contributed by atoms with E-state index >= 15 is 0 Å². The molecule has 1 aromatic carbocycles. The van der Waals surface area contributed by atoms with E-state index < -0.39 is 0 Å². The highest BCUT2D eigenvalue weighted by Gasteiger charge is 2.59. The van der Waals surface area contributed by atoms with Gasteiger partial charge < -0.3 is 5.11 Å². The Hall–Kier alpha value is -2.10. The zero-order valence-electron chi connectivity index (χ0n) is 11.1. The number of aryl methyl sites for hydroxylation is 1. The van der Waals surface area contributed by atoms with Crippen LogP contribution in [-0.2, 0) is 9.59 Å². The first kappa shape index (κ1) is 11.7. The molecule has 4 rings (SSSR count). The number of benzene rings is 1. The lowest BCUT2D eigenvalue weighted by atomic mass is 9.85. The van der Waals surface area contributed by atoms with Crippen molar-refractivity contribution >= 4 is 17.5 Å². The van der Waals surface area contributed by atoms with Crippen molar-refractivity contribution in [3.8, 4) is 5.75 Å². The van der Waals surface area contributed by atoms with E-state index in [1.807, 2.05) is 6.92 Å². The maximum Gasteiger partial charge on any atom is 0.238 e. The highest BCUT2D eigenvalue weighted by molar-refractivity contribution is 6.23. The number of aromatic hydroxyl groups is 1. The van der Waals surface area contributed by atoms with Gasteiger partial charge in [-0.2, -0.15) is 0 Å². The van der Waals surface area contributed by atoms with Crippen LogP contribution < -0.4 is 4.90 Å². The average molecular weight is 269 g/mol. The molecular weight excluding hydrogens is 254 g/mol. The largest absolute Gasteiger partial charge is 0.506 e. The summed E-state index contributed by atoms with van der Waals surface area (Å²) in [5.74, 6) is -0.389. The Morgan fingerprint density at radius 1 is 1.10 bits per heavy atom. The molecule has 2 amide bonds. The molecule has 1 N–H and O–H groups in total. The number of anilines is 1. The summed E-state index contributed by atoms with van der Waals surface area (Å²) in [6.07, 6.45) is 5.05. The molecule has 1 heterocycles. The number of carbonyl (C=O) groups is 2. The third-order valence-corrected chi connectivity index (χ3v) is 4.84. The minimum atomic E-state index is -0.225. The smallest absolute Gasteiger partial charge is 0.238 e. The van der Waals surface area contributed by atoms with E-state index in [-0.39, 0.29) is 41.2 Å². The summed E-state index contributed by atoms with van der Waals surface area (Å²) in [5.41, 5.74) is 1.24. The summed E-state index contributed by atoms with van der Waals surface area (Å²) < 4.78 is 0. The Balaban J connectivity index is 1.80. The van der Waals surface area contributed by atoms with Gasteiger partial charge in [0, 0.05) is 0 Å². The van der Waals surface area contributed by atoms with E-state index in [1.165, 1.54) is 11.0 Å². The minimum Gasteiger partial charge on any atom is -0.506 e. The minimum absolute atomic E-state index is 0.0161. The van der Waals surface area contributed by atoms with Crippen molar-refractivity contribution in [2.45, 2.75) is 13.3 Å². The predicted molar refractivity (Wildman–Crippen MR) is 73.1 cm³/mol. The predicted octanol–water partition coefficient (Wildman–Crippen LogP) is 2.01. The van der Waals surface area contributed by atoms with Crippen molar-refractivity contribution in [1.82, 2.24) is 0 Å². The number of imide groups is 1. The van der Waals surface area contributed by atoms with Crippen molar-refractivity contribution in [2.75, 3.05) is 4.90 Å². The first-order chi connectivity index (χ1) is 9.58. The van der Waals surface area contributed by atoms with Crippen molar-refractivity contribution in [3.63, 3.8) is 0 Å². The summed E-state index contributed by atoms with van der Waals surface area (Å²) in [4.78, 5) is 26.4. The monoisotopic (exact) mass is 269 g/mol. The van der Waals surface area contributed by atoms with Gasteiger partial charge in [-0.05, 0) is 42.9 Å². The first-order valence-electron chi connectivity index (χ1n) is 6.93. The third-order valence-electron chi connectivity index (χ3n) is 4.84. The quantitative estimate of drug-likeness (QED) is 0.626. The molecule has 1 saturated heterocycles. The molecule has 1 aliphatic heterocycles. The molecule has 0 unspecified atom stereocenters. The Labute approximate surface area is 116 Å². The second-order valence-corrected chi connectivity index (χ2v) is 6.00. The third kappa shape index (κ3) is 1.31. The SMILES string of the molecule is Cc1ccc(O)c(N2C(=O)[C@@H]3[C@H](C2=O)[C@H]2C=C[C@H]3C2)c1. The fourth-order valence-corrected chi connectivity index (χ4v) is 3.95. The Kier molecular flexibility index (Phi) is 2.18. The van der Waals surface area contributed by atoms with Gasteiger partial charge in [-0.15, -0.1) is 0 Å². The van der Waals surface area contributed by atoms with Gasteiger partial charge in [0.05, 0.1) is 17.5 Å². The van der Waals surface area contributed by atoms with Crippen LogP contribution in [0.25, 0.3) is 0 Å². The van der Waals surface area contributed by atoms with Crippen LogP contribution in [0.4, 0.5) is 5.69 Å². The molecule has 0 aromatic heterocycles. The van der Waals surface area contributed by atoms with Crippen molar-refractivity contribution < 1.29 is 14.7 Å². The van der Waals surface area contributed by atoms with Crippen LogP contribution in [-0.4, -0.2) is 16.9 Å². The molecule has 1 saturated carbocycles. The van der Waals surface area contributed by atoms with Crippen molar-refractivity contribution in [1.29, 1.82) is 0 Å². The van der Waals surface area contributed by atoms with E-state index in [4.69, 9.17) is 0 Å². The van der Waals surface area contributed by atoms with E-state index in [2.05, 4.69) is 12.2 Å². The van der Waals surface area contributed by atoms with Crippen LogP contribution in [0.5, 0.6) is 5.75 Å². The van der Waals surface area contributed by atoms with Crippen LogP contribution in [0.15, 0.2) is 30.4 Å². The Morgan fingerprint density at radius 3 is 2.30 bits per heavy atom. The number of phenolic OH excluding ortho intramolecular Hbond substituents is 1. The van der Waals surface area contributed by atoms with E-state index in [1.54, 1.807) is 12.1 Å². The summed E-state index contributed by atoms with van der Waals surface area (Å²) >= 11 is 0. The molecule has 20 heavy (non-hydrogen) atoms. The number of rotatable bonds is 1. The number of hydrogen-bond acceptors (Lipinski definition) is 3. The molecule has 3 aliphatic rings. The number of carbonyl (C=O) groups excluding carboxylic acids is 2. The molecule has 4 nitrogen and oxygen atoms in total. The summed E-state index contributed by atoms with van der Waals surface area (Å²) in [6.45, 7) is 1.88. The fraction of sp³-hybridized carbons (Fsp3) is 0.375. The average Bonchev–Trinajstić information content (AvgIpc) is 3.08. The number of allylic oxidation sites excluding steroid dienone is 2. The highest BCUT2D eigenvalue weighted by atomic mass is 16.3. The van der Waals surface area contributed by atoms with Gasteiger partial charge in [0.2, 0.25) is 11.8 Å². The second-order valence-electron chi connectivity index (χ2n) is 6.00. The van der Waals surface area contributed by atoms with Crippen molar-refractivity contribution in [2.24, 2.45) is 23.7 Å². The molecule has 0 spiro atoms. The number of fused-ring (bicyclic) bond motifs is 5. The molecule has 2 fully saturated rings. The van der Waals surface area contributed by atoms with E-state index in [0.717, 1.165) is 12.0 Å². The molecule has 1 aromatic rings. The van der Waals surface area contributed by atoms with Gasteiger partial charge in [0.1, 0.15) is 5.75 Å². The maximum absolute atomic E-state index is 12.6. The summed E-state index contributed by atoms with van der Waals surface area (Å²) in [7, 11) is 0. The lowest BCUT2D eigenvalue weighted by Crippen LogP contribution is -2.32. The molecule has 2 bridgehead atoms. The number of nitrogens with zero attached hydrogens (tertiary/aromatic N) is 1. The normalized spacial score (nSPS) is 34.1. The Morgan fingerprint density at radius 2 is 1.70 bits per heavy atom. The molecule has 4 heteroatoms. The Bertz CT molecular complexity index is 634. The fourth-order valence-electron chi connectivity index (χ4n) is 3.95. The van der Waals surface area contributed by atoms with Gasteiger partial charge in [0.25, 0.3) is 0 Å². The highest BCUT2D eigenvalue weighted by Crippen LogP contribution is 2.53. The summed E-state index contributed by atoms with van der Waals surface area (Å²) in [6, 6.07) is 4.99. The van der Waals surface area contributed by atoms with E-state index in [9.17, 15) is 14.7 Å². The topological polar surface area (TPSA) is 57.6 Å². The van der Waals surface area contributed by atoms with Gasteiger partial charge in [0.15, 0.2) is 0 Å². The van der Waals surface area contributed by atoms with E-state index in [0.29, 0.717) is 5.69 Å². The maximum atomic E-state index is 12.6. The molecule has 0 radical (unpaired) electrons. The standard InChI is InChI=1S/C16H15NO3/c1-8-2-5-12(18)11(6-8)17-15(19)13-9-3-4-10(7-9)14(13)16(17)20/h2-6,9-10,13-14,18H,7H2,1H3/t9-,10-,13-,14+/m0/s1. The van der Waals surface area contributed by atoms with Crippen LogP contribution in [0, 0.1) is 30.6 Å². The molecule has 2 aliphatic carbocycles. The van der Waals surface area contributed by atoms with Crippen LogP contribution in [0.2, 0.25) is 0 Å². The molecular formula is C16H15NO3. The van der Waals surface area contributed by atoms with Crippen molar-refractivity contribution in [3.05, 3.63) is 35.9 Å². The van der Waals surface area contributed by atoms with Gasteiger partial charge >= 0.3 is 0 Å². The second kappa shape index (κ2) is 3.72. The lowest BCUT2D eigenvalue weighted by molar-refractivity contribution is -0.123. The number of phenols is 1. The van der Waals surface area contributed by atoms with Crippen LogP contribution in [0.3, 0.4) is 0 Å². The number of amides is 2. The van der Waals surface area contributed by atoms with Crippen LogP contribution >= 0.6 is 0 Å². The zero-order valence-corrected chi connectivity index (χ0v) is 11.1. The lowest BCUT2D eigenvalue weighted by Gasteiger charge is -2.18. The summed E-state index contributed by atoms with van der Waals surface area (Å²) in [5, 5.41) is 9.98. The first-order valence-corrected chi connectivity index (χ1v) is 6.93. The van der Waals surface area contributed by atoms with Gasteiger partial charge in [-0.1, -0.05) is 18.2 Å².